The summed E-state index contributed by atoms with van der Waals surface area (Å²) in [7, 11) is 0. The van der Waals surface area contributed by atoms with Crippen molar-refractivity contribution in [1.82, 2.24) is 0 Å². The highest BCUT2D eigenvalue weighted by atomic mass is 19.3. The molecule has 0 saturated heterocycles. The first-order valence-corrected chi connectivity index (χ1v) is 5.78. The van der Waals surface area contributed by atoms with Crippen LogP contribution in [-0.2, 0) is 0 Å². The van der Waals surface area contributed by atoms with Crippen LogP contribution in [0.2, 0.25) is 0 Å². The Balaban J connectivity index is -0.000000238. The van der Waals surface area contributed by atoms with E-state index in [1.54, 1.807) is 20.8 Å². The first-order chi connectivity index (χ1) is 7.12. The van der Waals surface area contributed by atoms with Gasteiger partial charge >= 0.3 is 0 Å². The van der Waals surface area contributed by atoms with E-state index < -0.39 is 12.3 Å². The molecule has 0 aliphatic rings. The molecule has 0 aromatic heterocycles. The second-order valence-corrected chi connectivity index (χ2v) is 6.96. The van der Waals surface area contributed by atoms with Crippen molar-refractivity contribution < 1.29 is 17.6 Å². The van der Waals surface area contributed by atoms with Crippen LogP contribution in [0.3, 0.4) is 0 Å². The molecule has 0 spiro atoms. The Kier molecular flexibility index (Phi) is 10.2. The van der Waals surface area contributed by atoms with Crippen molar-refractivity contribution >= 4 is 0 Å². The van der Waals surface area contributed by atoms with Gasteiger partial charge in [-0.15, -0.1) is 0 Å². The van der Waals surface area contributed by atoms with E-state index in [0.29, 0.717) is 0 Å². The molecule has 0 aromatic carbocycles. The van der Waals surface area contributed by atoms with Gasteiger partial charge < -0.3 is 0 Å². The summed E-state index contributed by atoms with van der Waals surface area (Å²) < 4.78 is 47.5. The molecule has 4 heteroatoms. The van der Waals surface area contributed by atoms with Crippen molar-refractivity contribution in [2.45, 2.75) is 81.1 Å². The minimum Gasteiger partial charge on any atom is -0.211 e. The third kappa shape index (κ3) is 29.6. The predicted octanol–water partition coefficient (Wildman–Crippen LogP) is 6.40. The summed E-state index contributed by atoms with van der Waals surface area (Å²) >= 11 is 0. The van der Waals surface area contributed by atoms with Crippen LogP contribution < -0.4 is 0 Å². The van der Waals surface area contributed by atoms with Crippen LogP contribution >= 0.6 is 0 Å². The van der Waals surface area contributed by atoms with Crippen LogP contribution in [0.25, 0.3) is 0 Å². The third-order valence-corrected chi connectivity index (χ3v) is 1.61. The van der Waals surface area contributed by atoms with Gasteiger partial charge in [-0.3, -0.25) is 0 Å². The van der Waals surface area contributed by atoms with Gasteiger partial charge in [0, 0.05) is 12.8 Å². The van der Waals surface area contributed by atoms with Crippen LogP contribution in [0, 0.1) is 10.8 Å². The number of hydrogen-bond donors (Lipinski definition) is 0. The molecule has 0 atom stereocenters. The van der Waals surface area contributed by atoms with Crippen LogP contribution in [0.5, 0.6) is 0 Å². The monoisotopic (exact) mass is 274 g/mol. The second kappa shape index (κ2) is 8.00. The van der Waals surface area contributed by atoms with Crippen molar-refractivity contribution in [1.29, 1.82) is 0 Å². The zero-order valence-electron chi connectivity index (χ0n) is 12.0. The van der Waals surface area contributed by atoms with Crippen molar-refractivity contribution in [2.75, 3.05) is 0 Å². The summed E-state index contributed by atoms with van der Waals surface area (Å²) in [6.45, 7) is 11.8. The molecule has 114 valence electrons. The molecule has 0 aliphatic carbocycles. The first-order valence-electron chi connectivity index (χ1n) is 5.78. The highest BCUT2D eigenvalue weighted by Crippen LogP contribution is 2.30. The van der Waals surface area contributed by atoms with E-state index in [1.807, 2.05) is 20.8 Å². The van der Waals surface area contributed by atoms with Gasteiger partial charge in [0.25, 0.3) is 0 Å². The zero-order chi connectivity index (χ0) is 14.5. The van der Waals surface area contributed by atoms with Gasteiger partial charge in [0.05, 0.1) is 0 Å². The molecule has 0 unspecified atom stereocenters. The molecule has 0 rings (SSSR count). The number of halogens is 4. The predicted molar refractivity (Wildman–Crippen MR) is 71.5 cm³/mol. The van der Waals surface area contributed by atoms with E-state index in [2.05, 4.69) is 0 Å². The summed E-state index contributed by atoms with van der Waals surface area (Å²) in [6.07, 6.45) is -2.21. The lowest BCUT2D eigenvalue weighted by Gasteiger charge is -2.22. The Morgan fingerprint density at radius 3 is 1.11 bits per heavy atom. The van der Waals surface area contributed by atoms with Crippen molar-refractivity contribution in [3.8, 4) is 0 Å². The van der Waals surface area contributed by atoms with E-state index in [-0.39, 0.29) is 31.1 Å². The molecule has 0 aliphatic heterocycles. The fraction of sp³-hybridized carbons (Fsp3) is 1.00. The first kappa shape index (κ1) is 22.9. The molecule has 0 saturated carbocycles. The molecule has 0 radical (unpaired) electrons. The lowest BCUT2D eigenvalue weighted by atomic mass is 9.89. The Bertz CT molecular complexity index is 179. The molecule has 0 amide bonds. The summed E-state index contributed by atoms with van der Waals surface area (Å²) in [4.78, 5) is 0. The maximum Gasteiger partial charge on any atom is 0.245 e. The molecule has 0 heterocycles. The van der Waals surface area contributed by atoms with Crippen LogP contribution in [-0.4, -0.2) is 12.3 Å². The molecule has 0 nitrogen and oxygen atoms in total. The topological polar surface area (TPSA) is 0 Å². The largest absolute Gasteiger partial charge is 0.245 e. The maximum atomic E-state index is 12.2. The van der Waals surface area contributed by atoms with Gasteiger partial charge in [0.15, 0.2) is 0 Å². The van der Waals surface area contributed by atoms with Crippen LogP contribution in [0.15, 0.2) is 0 Å². The standard InChI is InChI=1S/C7H14F2.C6H12F2.CH4/c1-6(2,3)5-7(4,8)9;1-6(2,3)4-5(7)8;/h5H2,1-4H3;5H,4H2,1-3H3;1H4. The van der Waals surface area contributed by atoms with Gasteiger partial charge in [-0.2, -0.15) is 0 Å². The summed E-state index contributed by atoms with van der Waals surface area (Å²) in [5.74, 6) is -2.52. The van der Waals surface area contributed by atoms with Crippen LogP contribution in [0.1, 0.15) is 68.7 Å². The Hall–Kier alpha value is -0.280. The van der Waals surface area contributed by atoms with Gasteiger partial charge in [-0.1, -0.05) is 49.0 Å². The lowest BCUT2D eigenvalue weighted by Crippen LogP contribution is -2.20. The number of hydrogen-bond acceptors (Lipinski definition) is 0. The van der Waals surface area contributed by atoms with Crippen molar-refractivity contribution in [3.05, 3.63) is 0 Å². The van der Waals surface area contributed by atoms with Crippen molar-refractivity contribution in [3.63, 3.8) is 0 Å². The normalized spacial score (nSPS) is 12.7. The Morgan fingerprint density at radius 2 is 1.11 bits per heavy atom. The summed E-state index contributed by atoms with van der Waals surface area (Å²) in [5.41, 5.74) is -0.494. The highest BCUT2D eigenvalue weighted by molar-refractivity contribution is 4.70. The fourth-order valence-corrected chi connectivity index (χ4v) is 1.39. The maximum absolute atomic E-state index is 12.2. The summed E-state index contributed by atoms with van der Waals surface area (Å²) in [6, 6.07) is 0. The van der Waals surface area contributed by atoms with E-state index in [1.165, 1.54) is 0 Å². The Labute approximate surface area is 110 Å². The number of alkyl halides is 4. The van der Waals surface area contributed by atoms with Gasteiger partial charge in [-0.05, 0) is 17.8 Å². The van der Waals surface area contributed by atoms with E-state index in [4.69, 9.17) is 0 Å². The molecule has 18 heavy (non-hydrogen) atoms. The molecule has 0 fully saturated rings. The molecule has 0 bridgehead atoms. The molecular formula is C14H30F4. The Morgan fingerprint density at radius 1 is 0.778 bits per heavy atom. The molecule has 0 N–H and O–H groups in total. The minimum absolute atomic E-state index is 0. The SMILES string of the molecule is C.CC(C)(C)CC(C)(F)F.CC(C)(C)CC(F)F. The zero-order valence-corrected chi connectivity index (χ0v) is 12.0. The highest BCUT2D eigenvalue weighted by Gasteiger charge is 2.28. The van der Waals surface area contributed by atoms with E-state index >= 15 is 0 Å². The van der Waals surface area contributed by atoms with Crippen molar-refractivity contribution in [2.24, 2.45) is 10.8 Å². The van der Waals surface area contributed by atoms with Gasteiger partial charge in [0.1, 0.15) is 0 Å². The lowest BCUT2D eigenvalue weighted by molar-refractivity contribution is -0.0168. The van der Waals surface area contributed by atoms with Crippen LogP contribution in [0.4, 0.5) is 17.6 Å². The molecule has 0 aromatic rings. The smallest absolute Gasteiger partial charge is 0.211 e. The second-order valence-electron chi connectivity index (χ2n) is 6.96. The molecular weight excluding hydrogens is 244 g/mol. The van der Waals surface area contributed by atoms with E-state index in [0.717, 1.165) is 6.92 Å². The average Bonchev–Trinajstić information content (AvgIpc) is 1.68. The minimum atomic E-state index is -2.52. The fourth-order valence-electron chi connectivity index (χ4n) is 1.39. The van der Waals surface area contributed by atoms with E-state index in [9.17, 15) is 17.6 Å². The quantitative estimate of drug-likeness (QED) is 0.511. The average molecular weight is 274 g/mol. The third-order valence-electron chi connectivity index (χ3n) is 1.61. The van der Waals surface area contributed by atoms with Gasteiger partial charge in [-0.25, -0.2) is 17.6 Å². The van der Waals surface area contributed by atoms with Gasteiger partial charge in [0.2, 0.25) is 12.3 Å². The number of rotatable bonds is 2. The summed E-state index contributed by atoms with van der Waals surface area (Å²) in [5, 5.41) is 0.